The number of aryl methyl sites for hydroxylation is 2. The van der Waals surface area contributed by atoms with Crippen molar-refractivity contribution in [2.75, 3.05) is 0 Å². The monoisotopic (exact) mass is 285 g/mol. The molecule has 5 heteroatoms. The molecule has 0 aliphatic rings. The molecule has 2 heterocycles. The molecule has 0 unspecified atom stereocenters. The molecule has 5 nitrogen and oxygen atoms in total. The molecule has 0 fully saturated rings. The predicted octanol–water partition coefficient (Wildman–Crippen LogP) is 2.27. The summed E-state index contributed by atoms with van der Waals surface area (Å²) in [5, 5.41) is 2.90. The summed E-state index contributed by atoms with van der Waals surface area (Å²) in [6, 6.07) is 6.45. The van der Waals surface area contributed by atoms with Gasteiger partial charge in [-0.1, -0.05) is 13.0 Å². The van der Waals surface area contributed by atoms with E-state index in [1.54, 1.807) is 13.1 Å². The van der Waals surface area contributed by atoms with E-state index in [2.05, 4.69) is 15.3 Å². The minimum Gasteiger partial charge on any atom is -0.354 e. The van der Waals surface area contributed by atoms with Crippen LogP contribution < -0.4 is 10.7 Å². The third-order valence-corrected chi connectivity index (χ3v) is 3.23. The minimum absolute atomic E-state index is 0.179. The van der Waals surface area contributed by atoms with Crippen LogP contribution in [-0.2, 0) is 0 Å². The summed E-state index contributed by atoms with van der Waals surface area (Å²) < 4.78 is 0. The van der Waals surface area contributed by atoms with Crippen molar-refractivity contribution in [1.82, 2.24) is 15.3 Å². The summed E-state index contributed by atoms with van der Waals surface area (Å²) in [5.74, 6) is -0.301. The quantitative estimate of drug-likeness (QED) is 0.905. The zero-order chi connectivity index (χ0) is 15.4. The Morgan fingerprint density at radius 3 is 2.67 bits per heavy atom. The second kappa shape index (κ2) is 6.35. The standard InChI is InChI=1S/C16H19N3O2/c1-4-13(14-6-5-10(2)9-17-14)19-16(21)15-8-12(20)7-11(3)18-15/h5-9,13H,4H2,1-3H3,(H,18,20)(H,19,21)/t13-/m1/s1. The van der Waals surface area contributed by atoms with Gasteiger partial charge >= 0.3 is 0 Å². The van der Waals surface area contributed by atoms with Crippen LogP contribution in [0.5, 0.6) is 0 Å². The van der Waals surface area contributed by atoms with Gasteiger partial charge in [-0.05, 0) is 31.9 Å². The highest BCUT2D eigenvalue weighted by Crippen LogP contribution is 2.14. The predicted molar refractivity (Wildman–Crippen MR) is 81.3 cm³/mol. The number of hydrogen-bond donors (Lipinski definition) is 2. The number of nitrogens with zero attached hydrogens (tertiary/aromatic N) is 1. The van der Waals surface area contributed by atoms with E-state index < -0.39 is 0 Å². The van der Waals surface area contributed by atoms with Crippen molar-refractivity contribution in [3.05, 3.63) is 63.3 Å². The summed E-state index contributed by atoms with van der Waals surface area (Å²) in [4.78, 5) is 31.0. The highest BCUT2D eigenvalue weighted by Gasteiger charge is 2.16. The van der Waals surface area contributed by atoms with E-state index >= 15 is 0 Å². The van der Waals surface area contributed by atoms with Gasteiger partial charge in [0.05, 0.1) is 11.7 Å². The highest BCUT2D eigenvalue weighted by molar-refractivity contribution is 5.92. The van der Waals surface area contributed by atoms with Gasteiger partial charge in [-0.15, -0.1) is 0 Å². The Kier molecular flexibility index (Phi) is 4.52. The number of H-pyrrole nitrogens is 1. The topological polar surface area (TPSA) is 74.8 Å². The normalized spacial score (nSPS) is 12.0. The molecule has 2 aromatic rings. The Labute approximate surface area is 123 Å². The first-order valence-corrected chi connectivity index (χ1v) is 6.94. The Balaban J connectivity index is 2.19. The number of pyridine rings is 2. The fourth-order valence-electron chi connectivity index (χ4n) is 2.11. The van der Waals surface area contributed by atoms with Crippen LogP contribution in [0.25, 0.3) is 0 Å². The third kappa shape index (κ3) is 3.78. The summed E-state index contributed by atoms with van der Waals surface area (Å²) in [6.45, 7) is 5.69. The number of carbonyl (C=O) groups is 1. The van der Waals surface area contributed by atoms with Crippen molar-refractivity contribution in [3.8, 4) is 0 Å². The molecule has 0 aliphatic heterocycles. The van der Waals surface area contributed by atoms with Gasteiger partial charge in [0.2, 0.25) is 0 Å². The van der Waals surface area contributed by atoms with Gasteiger partial charge in [0.15, 0.2) is 5.43 Å². The number of amides is 1. The molecule has 0 saturated carbocycles. The lowest BCUT2D eigenvalue weighted by molar-refractivity contribution is 0.0929. The maximum absolute atomic E-state index is 12.2. The molecule has 0 bridgehead atoms. The van der Waals surface area contributed by atoms with Crippen molar-refractivity contribution >= 4 is 5.91 Å². The van der Waals surface area contributed by atoms with Gasteiger partial charge in [-0.3, -0.25) is 14.6 Å². The summed E-state index contributed by atoms with van der Waals surface area (Å²) in [7, 11) is 0. The number of aromatic nitrogens is 2. The van der Waals surface area contributed by atoms with Crippen molar-refractivity contribution in [2.45, 2.75) is 33.2 Å². The maximum Gasteiger partial charge on any atom is 0.268 e. The van der Waals surface area contributed by atoms with Gasteiger partial charge < -0.3 is 10.3 Å². The molecule has 2 aromatic heterocycles. The molecule has 21 heavy (non-hydrogen) atoms. The van der Waals surface area contributed by atoms with Crippen molar-refractivity contribution in [3.63, 3.8) is 0 Å². The van der Waals surface area contributed by atoms with Crippen LogP contribution >= 0.6 is 0 Å². The van der Waals surface area contributed by atoms with Gasteiger partial charge in [0, 0.05) is 24.0 Å². The van der Waals surface area contributed by atoms with Crippen LogP contribution in [0.3, 0.4) is 0 Å². The molecule has 2 rings (SSSR count). The Hall–Kier alpha value is -2.43. The number of carbonyl (C=O) groups excluding carboxylic acids is 1. The lowest BCUT2D eigenvalue weighted by Crippen LogP contribution is -2.30. The smallest absolute Gasteiger partial charge is 0.268 e. The summed E-state index contributed by atoms with van der Waals surface area (Å²) in [5.41, 5.74) is 2.63. The van der Waals surface area contributed by atoms with Gasteiger partial charge in [-0.2, -0.15) is 0 Å². The maximum atomic E-state index is 12.2. The summed E-state index contributed by atoms with van der Waals surface area (Å²) >= 11 is 0. The number of hydrogen-bond acceptors (Lipinski definition) is 3. The van der Waals surface area contributed by atoms with Crippen molar-refractivity contribution in [2.24, 2.45) is 0 Å². The molecule has 110 valence electrons. The van der Waals surface area contributed by atoms with Crippen LogP contribution in [0.4, 0.5) is 0 Å². The second-order valence-electron chi connectivity index (χ2n) is 5.11. The van der Waals surface area contributed by atoms with E-state index in [9.17, 15) is 9.59 Å². The largest absolute Gasteiger partial charge is 0.354 e. The zero-order valence-corrected chi connectivity index (χ0v) is 12.4. The first-order valence-electron chi connectivity index (χ1n) is 6.94. The van der Waals surface area contributed by atoms with Crippen molar-refractivity contribution < 1.29 is 4.79 Å². The highest BCUT2D eigenvalue weighted by atomic mass is 16.2. The molecular weight excluding hydrogens is 266 g/mol. The molecule has 0 radical (unpaired) electrons. The lowest BCUT2D eigenvalue weighted by Gasteiger charge is -2.16. The average molecular weight is 285 g/mol. The van der Waals surface area contributed by atoms with Gasteiger partial charge in [0.1, 0.15) is 5.69 Å². The van der Waals surface area contributed by atoms with Crippen LogP contribution in [0.2, 0.25) is 0 Å². The lowest BCUT2D eigenvalue weighted by atomic mass is 10.1. The molecule has 0 aliphatic carbocycles. The first-order chi connectivity index (χ1) is 9.99. The van der Waals surface area contributed by atoms with Crippen molar-refractivity contribution in [1.29, 1.82) is 0 Å². The zero-order valence-electron chi connectivity index (χ0n) is 12.4. The Morgan fingerprint density at radius 2 is 2.10 bits per heavy atom. The first kappa shape index (κ1) is 15.0. The molecule has 0 spiro atoms. The van der Waals surface area contributed by atoms with E-state index in [-0.39, 0.29) is 23.1 Å². The van der Waals surface area contributed by atoms with E-state index in [0.717, 1.165) is 17.7 Å². The van der Waals surface area contributed by atoms with E-state index in [1.165, 1.54) is 12.1 Å². The van der Waals surface area contributed by atoms with Crippen LogP contribution in [-0.4, -0.2) is 15.9 Å². The third-order valence-electron chi connectivity index (χ3n) is 3.23. The Morgan fingerprint density at radius 1 is 1.33 bits per heavy atom. The molecular formula is C16H19N3O2. The fraction of sp³-hybridized carbons (Fsp3) is 0.312. The SMILES string of the molecule is CC[C@@H](NC(=O)c1cc(=O)cc(C)[nH]1)c1ccc(C)cn1. The average Bonchev–Trinajstić information content (AvgIpc) is 2.44. The molecule has 2 N–H and O–H groups in total. The number of rotatable bonds is 4. The van der Waals surface area contributed by atoms with E-state index in [0.29, 0.717) is 5.69 Å². The van der Waals surface area contributed by atoms with Crippen LogP contribution in [0, 0.1) is 13.8 Å². The van der Waals surface area contributed by atoms with E-state index in [4.69, 9.17) is 0 Å². The molecule has 0 saturated heterocycles. The van der Waals surface area contributed by atoms with Gasteiger partial charge in [0.25, 0.3) is 5.91 Å². The van der Waals surface area contributed by atoms with Crippen LogP contribution in [0.1, 0.15) is 46.8 Å². The second-order valence-corrected chi connectivity index (χ2v) is 5.11. The minimum atomic E-state index is -0.301. The molecule has 1 amide bonds. The summed E-state index contributed by atoms with van der Waals surface area (Å²) in [6.07, 6.45) is 2.50. The molecule has 0 aromatic carbocycles. The van der Waals surface area contributed by atoms with Gasteiger partial charge in [-0.25, -0.2) is 0 Å². The Bertz CT molecular complexity index is 689. The fourth-order valence-corrected chi connectivity index (χ4v) is 2.11. The number of aromatic amines is 1. The molecule has 1 atom stereocenters. The van der Waals surface area contributed by atoms with E-state index in [1.807, 2.05) is 26.0 Å². The number of nitrogens with one attached hydrogen (secondary N) is 2. The van der Waals surface area contributed by atoms with Crippen LogP contribution in [0.15, 0.2) is 35.3 Å².